The van der Waals surface area contributed by atoms with E-state index in [1.165, 1.54) is 6.92 Å². The van der Waals surface area contributed by atoms with E-state index < -0.39 is 17.3 Å². The summed E-state index contributed by atoms with van der Waals surface area (Å²) in [4.78, 5) is 8.19. The van der Waals surface area contributed by atoms with Crippen molar-refractivity contribution in [2.75, 3.05) is 0 Å². The third kappa shape index (κ3) is 4.00. The Morgan fingerprint density at radius 2 is 2.04 bits per heavy atom. The van der Waals surface area contributed by atoms with Crippen molar-refractivity contribution in [2.24, 2.45) is 0 Å². The Morgan fingerprint density at radius 1 is 1.33 bits per heavy atom. The van der Waals surface area contributed by atoms with Crippen molar-refractivity contribution >= 4 is 23.4 Å². The molecule has 3 nitrogen and oxygen atoms in total. The highest BCUT2D eigenvalue weighted by Gasteiger charge is 2.38. The van der Waals surface area contributed by atoms with Crippen LogP contribution in [0.25, 0.3) is 0 Å². The van der Waals surface area contributed by atoms with Gasteiger partial charge >= 0.3 is 6.18 Å². The van der Waals surface area contributed by atoms with Gasteiger partial charge in [0.05, 0.1) is 11.1 Å². The average Bonchev–Trinajstić information content (AvgIpc) is 2.53. The van der Waals surface area contributed by atoms with Gasteiger partial charge in [0.2, 0.25) is 0 Å². The van der Waals surface area contributed by atoms with Crippen molar-refractivity contribution in [3.05, 3.63) is 51.4 Å². The highest BCUT2D eigenvalue weighted by atomic mass is 35.5. The SMILES string of the molecule is CCc1nc(SCc2ccc(Cl)nc2)c(C#N)c(C(F)(F)F)c1C. The molecule has 0 aliphatic rings. The van der Waals surface area contributed by atoms with Crippen LogP contribution in [0.4, 0.5) is 13.2 Å². The van der Waals surface area contributed by atoms with Crippen molar-refractivity contribution in [3.63, 3.8) is 0 Å². The second-order valence-electron chi connectivity index (χ2n) is 4.98. The lowest BCUT2D eigenvalue weighted by atomic mass is 10.0. The molecule has 0 radical (unpaired) electrons. The smallest absolute Gasteiger partial charge is 0.245 e. The third-order valence-electron chi connectivity index (χ3n) is 3.40. The van der Waals surface area contributed by atoms with Gasteiger partial charge in [-0.2, -0.15) is 18.4 Å². The largest absolute Gasteiger partial charge is 0.418 e. The molecule has 0 unspecified atom stereocenters. The number of halogens is 4. The van der Waals surface area contributed by atoms with E-state index in [-0.39, 0.29) is 10.6 Å². The van der Waals surface area contributed by atoms with Gasteiger partial charge in [-0.3, -0.25) is 0 Å². The maximum absolute atomic E-state index is 13.4. The molecule has 0 N–H and O–H groups in total. The zero-order valence-corrected chi connectivity index (χ0v) is 14.5. The average molecular weight is 372 g/mol. The Bertz CT molecular complexity index is 783. The third-order valence-corrected chi connectivity index (χ3v) is 4.67. The maximum Gasteiger partial charge on any atom is 0.418 e. The van der Waals surface area contributed by atoms with Crippen molar-refractivity contribution in [1.82, 2.24) is 9.97 Å². The van der Waals surface area contributed by atoms with Crippen LogP contribution in [0.15, 0.2) is 23.4 Å². The fourth-order valence-corrected chi connectivity index (χ4v) is 3.30. The van der Waals surface area contributed by atoms with Crippen LogP contribution < -0.4 is 0 Å². The lowest BCUT2D eigenvalue weighted by molar-refractivity contribution is -0.138. The first kappa shape index (κ1) is 18.6. The Morgan fingerprint density at radius 3 is 2.54 bits per heavy atom. The molecule has 0 atom stereocenters. The minimum atomic E-state index is -4.60. The zero-order chi connectivity index (χ0) is 17.9. The van der Waals surface area contributed by atoms with Crippen LogP contribution in [0, 0.1) is 18.3 Å². The molecule has 8 heteroatoms. The summed E-state index contributed by atoms with van der Waals surface area (Å²) in [6.45, 7) is 3.09. The van der Waals surface area contributed by atoms with Crippen LogP contribution in [0.5, 0.6) is 0 Å². The first-order valence-electron chi connectivity index (χ1n) is 7.01. The highest BCUT2D eigenvalue weighted by Crippen LogP contribution is 2.39. The first-order chi connectivity index (χ1) is 11.3. The van der Waals surface area contributed by atoms with Crippen LogP contribution in [-0.2, 0) is 18.3 Å². The number of thioether (sulfide) groups is 1. The summed E-state index contributed by atoms with van der Waals surface area (Å²) in [5.41, 5.74) is -0.183. The number of nitrogens with zero attached hydrogens (tertiary/aromatic N) is 3. The molecule has 0 bridgehead atoms. The summed E-state index contributed by atoms with van der Waals surface area (Å²) < 4.78 is 40.2. The number of pyridine rings is 2. The predicted molar refractivity (Wildman–Crippen MR) is 86.9 cm³/mol. The predicted octanol–water partition coefficient (Wildman–Crippen LogP) is 5.18. The summed E-state index contributed by atoms with van der Waals surface area (Å²) in [6.07, 6.45) is -2.70. The van der Waals surface area contributed by atoms with Crippen LogP contribution in [0.2, 0.25) is 5.15 Å². The number of aryl methyl sites for hydroxylation is 1. The van der Waals surface area contributed by atoms with Crippen LogP contribution in [-0.4, -0.2) is 9.97 Å². The molecule has 2 aromatic rings. The molecule has 0 amide bonds. The molecular formula is C16H13ClF3N3S. The maximum atomic E-state index is 13.4. The molecule has 0 aliphatic heterocycles. The Kier molecular flexibility index (Phi) is 5.73. The standard InChI is InChI=1S/C16H13ClF3N3S/c1-3-12-9(2)14(16(18,19)20)11(6-21)15(23-12)24-8-10-4-5-13(17)22-7-10/h4-5,7H,3,8H2,1-2H3. The topological polar surface area (TPSA) is 49.6 Å². The van der Waals surface area contributed by atoms with Gasteiger partial charge in [-0.15, -0.1) is 11.8 Å². The van der Waals surface area contributed by atoms with Crippen molar-refractivity contribution in [3.8, 4) is 6.07 Å². The van der Waals surface area contributed by atoms with Crippen molar-refractivity contribution in [1.29, 1.82) is 5.26 Å². The fourth-order valence-electron chi connectivity index (χ4n) is 2.25. The molecule has 0 spiro atoms. The van der Waals surface area contributed by atoms with E-state index in [0.717, 1.165) is 17.3 Å². The highest BCUT2D eigenvalue weighted by molar-refractivity contribution is 7.98. The molecule has 0 aromatic carbocycles. The Balaban J connectivity index is 2.45. The summed E-state index contributed by atoms with van der Waals surface area (Å²) in [6, 6.07) is 5.00. The second-order valence-corrected chi connectivity index (χ2v) is 6.33. The van der Waals surface area contributed by atoms with E-state index in [2.05, 4.69) is 9.97 Å². The number of rotatable bonds is 4. The number of aromatic nitrogens is 2. The lowest BCUT2D eigenvalue weighted by Crippen LogP contribution is -2.14. The minimum Gasteiger partial charge on any atom is -0.245 e. The van der Waals surface area contributed by atoms with E-state index in [0.29, 0.717) is 23.0 Å². The van der Waals surface area contributed by atoms with Gasteiger partial charge in [-0.1, -0.05) is 24.6 Å². The summed E-state index contributed by atoms with van der Waals surface area (Å²) in [5, 5.41) is 9.67. The zero-order valence-electron chi connectivity index (χ0n) is 12.9. The van der Waals surface area contributed by atoms with Gasteiger partial charge < -0.3 is 0 Å². The van der Waals surface area contributed by atoms with Gasteiger partial charge in [-0.25, -0.2) is 9.97 Å². The quantitative estimate of drug-likeness (QED) is 0.548. The van der Waals surface area contributed by atoms with E-state index in [1.807, 2.05) is 0 Å². The van der Waals surface area contributed by atoms with Crippen molar-refractivity contribution in [2.45, 2.75) is 37.2 Å². The van der Waals surface area contributed by atoms with Gasteiger partial charge in [0.1, 0.15) is 16.2 Å². The molecule has 0 saturated heterocycles. The van der Waals surface area contributed by atoms with Gasteiger partial charge in [0.25, 0.3) is 0 Å². The van der Waals surface area contributed by atoms with E-state index in [9.17, 15) is 18.4 Å². The number of alkyl halides is 3. The van der Waals surface area contributed by atoms with Crippen LogP contribution >= 0.6 is 23.4 Å². The lowest BCUT2D eigenvalue weighted by Gasteiger charge is -2.17. The molecule has 126 valence electrons. The number of nitriles is 1. The molecule has 2 rings (SSSR count). The Labute approximate surface area is 146 Å². The molecule has 24 heavy (non-hydrogen) atoms. The van der Waals surface area contributed by atoms with E-state index >= 15 is 0 Å². The molecule has 0 saturated carbocycles. The first-order valence-corrected chi connectivity index (χ1v) is 8.38. The summed E-state index contributed by atoms with van der Waals surface area (Å²) >= 11 is 6.79. The van der Waals surface area contributed by atoms with E-state index in [4.69, 9.17) is 11.6 Å². The number of hydrogen-bond donors (Lipinski definition) is 0. The van der Waals surface area contributed by atoms with Crippen LogP contribution in [0.1, 0.15) is 34.9 Å². The summed E-state index contributed by atoms with van der Waals surface area (Å²) in [7, 11) is 0. The molecule has 0 fully saturated rings. The van der Waals surface area contributed by atoms with Crippen LogP contribution in [0.3, 0.4) is 0 Å². The molecule has 2 heterocycles. The normalized spacial score (nSPS) is 11.4. The molecular weight excluding hydrogens is 359 g/mol. The number of hydrogen-bond acceptors (Lipinski definition) is 4. The summed E-state index contributed by atoms with van der Waals surface area (Å²) in [5.74, 6) is 0.343. The molecule has 2 aromatic heterocycles. The second kappa shape index (κ2) is 7.41. The van der Waals surface area contributed by atoms with Crippen molar-refractivity contribution < 1.29 is 13.2 Å². The Hall–Kier alpha value is -1.78. The fraction of sp³-hybridized carbons (Fsp3) is 0.312. The minimum absolute atomic E-state index is 0.0130. The van der Waals surface area contributed by atoms with E-state index in [1.54, 1.807) is 31.3 Å². The van der Waals surface area contributed by atoms with Gasteiger partial charge in [-0.05, 0) is 30.5 Å². The van der Waals surface area contributed by atoms with Gasteiger partial charge in [0.15, 0.2) is 0 Å². The van der Waals surface area contributed by atoms with Gasteiger partial charge in [0, 0.05) is 17.6 Å². The molecule has 0 aliphatic carbocycles. The monoisotopic (exact) mass is 371 g/mol.